The van der Waals surface area contributed by atoms with E-state index in [1.54, 1.807) is 30.5 Å². The molecule has 0 radical (unpaired) electrons. The summed E-state index contributed by atoms with van der Waals surface area (Å²) in [7, 11) is 0. The molecule has 0 unspecified atom stereocenters. The molecule has 2 aromatic rings. The minimum absolute atomic E-state index is 0.145. The van der Waals surface area contributed by atoms with Crippen LogP contribution >= 0.6 is 0 Å². The minimum Gasteiger partial charge on any atom is -0.491 e. The van der Waals surface area contributed by atoms with Gasteiger partial charge in [0.25, 0.3) is 0 Å². The lowest BCUT2D eigenvalue weighted by molar-refractivity contribution is -0.116. The topological polar surface area (TPSA) is 77.2 Å². The maximum Gasteiger partial charge on any atom is 0.228 e. The van der Waals surface area contributed by atoms with E-state index in [9.17, 15) is 4.79 Å². The molecule has 0 bridgehead atoms. The van der Waals surface area contributed by atoms with Gasteiger partial charge in [0.1, 0.15) is 11.6 Å². The predicted octanol–water partition coefficient (Wildman–Crippen LogP) is 2.07. The lowest BCUT2D eigenvalue weighted by Gasteiger charge is -2.08. The van der Waals surface area contributed by atoms with Crippen LogP contribution in [-0.4, -0.2) is 17.5 Å². The molecule has 1 amide bonds. The number of rotatable bonds is 5. The zero-order valence-electron chi connectivity index (χ0n) is 10.4. The summed E-state index contributed by atoms with van der Waals surface area (Å²) in [5.41, 5.74) is 6.29. The number of benzene rings is 1. The molecule has 3 N–H and O–H groups in total. The van der Waals surface area contributed by atoms with Gasteiger partial charge in [-0.1, -0.05) is 18.2 Å². The van der Waals surface area contributed by atoms with Crippen molar-refractivity contribution in [3.63, 3.8) is 0 Å². The van der Waals surface area contributed by atoms with Crippen molar-refractivity contribution in [3.8, 4) is 5.75 Å². The highest BCUT2D eigenvalue weighted by Gasteiger charge is 2.04. The van der Waals surface area contributed by atoms with Gasteiger partial charge in [0.2, 0.25) is 5.91 Å². The Kier molecular flexibility index (Phi) is 4.34. The summed E-state index contributed by atoms with van der Waals surface area (Å²) in [6.07, 6.45) is 1.86. The molecule has 5 heteroatoms. The fraction of sp³-hybridized carbons (Fsp3) is 0.143. The summed E-state index contributed by atoms with van der Waals surface area (Å²) in [5.74, 6) is 0.980. The Morgan fingerprint density at radius 1 is 1.21 bits per heavy atom. The second-order valence-electron chi connectivity index (χ2n) is 3.90. The van der Waals surface area contributed by atoms with Crippen LogP contribution in [0.25, 0.3) is 0 Å². The molecule has 0 saturated carbocycles. The number of para-hydroxylation sites is 2. The summed E-state index contributed by atoms with van der Waals surface area (Å²) in [6, 6.07) is 12.5. The number of carbonyl (C=O) groups excluding carboxylic acids is 1. The van der Waals surface area contributed by atoms with E-state index in [0.717, 1.165) is 0 Å². The third-order valence-corrected chi connectivity index (χ3v) is 2.44. The Hall–Kier alpha value is -2.56. The first kappa shape index (κ1) is 12.9. The summed E-state index contributed by atoms with van der Waals surface area (Å²) >= 11 is 0. The second kappa shape index (κ2) is 6.39. The number of hydrogen-bond donors (Lipinski definition) is 2. The van der Waals surface area contributed by atoms with Crippen LogP contribution < -0.4 is 15.8 Å². The molecule has 1 aromatic carbocycles. The third-order valence-electron chi connectivity index (χ3n) is 2.44. The van der Waals surface area contributed by atoms with E-state index >= 15 is 0 Å². The van der Waals surface area contributed by atoms with Crippen LogP contribution in [0.1, 0.15) is 6.42 Å². The molecule has 5 nitrogen and oxygen atoms in total. The number of anilines is 2. The minimum atomic E-state index is -0.145. The van der Waals surface area contributed by atoms with Crippen molar-refractivity contribution in [1.82, 2.24) is 4.98 Å². The fourth-order valence-corrected chi connectivity index (χ4v) is 1.51. The number of aromatic nitrogens is 1. The van der Waals surface area contributed by atoms with E-state index in [1.807, 2.05) is 18.2 Å². The Balaban J connectivity index is 1.77. The molecule has 0 aliphatic heterocycles. The largest absolute Gasteiger partial charge is 0.491 e. The Morgan fingerprint density at radius 2 is 2.00 bits per heavy atom. The zero-order valence-corrected chi connectivity index (χ0v) is 10.4. The molecule has 0 spiro atoms. The quantitative estimate of drug-likeness (QED) is 0.804. The van der Waals surface area contributed by atoms with Crippen molar-refractivity contribution >= 4 is 17.4 Å². The molecule has 0 fully saturated rings. The number of hydrogen-bond acceptors (Lipinski definition) is 4. The van der Waals surface area contributed by atoms with Gasteiger partial charge in [0, 0.05) is 6.20 Å². The second-order valence-corrected chi connectivity index (χ2v) is 3.90. The maximum atomic E-state index is 11.6. The van der Waals surface area contributed by atoms with Gasteiger partial charge >= 0.3 is 0 Å². The highest BCUT2D eigenvalue weighted by molar-refractivity contribution is 5.89. The van der Waals surface area contributed by atoms with Gasteiger partial charge in [0.15, 0.2) is 0 Å². The van der Waals surface area contributed by atoms with Gasteiger partial charge in [-0.05, 0) is 24.3 Å². The monoisotopic (exact) mass is 257 g/mol. The Labute approximate surface area is 111 Å². The normalized spacial score (nSPS) is 9.89. The SMILES string of the molecule is Nc1ccccc1OCCC(=O)Nc1ccccn1. The number of nitrogens with two attached hydrogens (primary N) is 1. The Morgan fingerprint density at radius 3 is 2.74 bits per heavy atom. The van der Waals surface area contributed by atoms with Gasteiger partial charge < -0.3 is 15.8 Å². The summed E-state index contributed by atoms with van der Waals surface area (Å²) in [5, 5.41) is 2.68. The van der Waals surface area contributed by atoms with Crippen LogP contribution in [0.4, 0.5) is 11.5 Å². The molecule has 0 atom stereocenters. The van der Waals surface area contributed by atoms with Crippen LogP contribution in [0.2, 0.25) is 0 Å². The van der Waals surface area contributed by atoms with Crippen LogP contribution in [0, 0.1) is 0 Å². The molecule has 2 rings (SSSR count). The molecule has 0 aliphatic carbocycles. The van der Waals surface area contributed by atoms with Crippen LogP contribution in [0.15, 0.2) is 48.7 Å². The van der Waals surface area contributed by atoms with E-state index < -0.39 is 0 Å². The molecule has 19 heavy (non-hydrogen) atoms. The molecular formula is C14H15N3O2. The average molecular weight is 257 g/mol. The lowest BCUT2D eigenvalue weighted by Crippen LogP contribution is -2.16. The Bertz CT molecular complexity index is 543. The summed E-state index contributed by atoms with van der Waals surface area (Å²) in [6.45, 7) is 0.271. The highest BCUT2D eigenvalue weighted by Crippen LogP contribution is 2.19. The van der Waals surface area contributed by atoms with Gasteiger partial charge in [0.05, 0.1) is 18.7 Å². The van der Waals surface area contributed by atoms with Gasteiger partial charge in [-0.15, -0.1) is 0 Å². The van der Waals surface area contributed by atoms with Crippen molar-refractivity contribution < 1.29 is 9.53 Å². The van der Waals surface area contributed by atoms with Crippen LogP contribution in [-0.2, 0) is 4.79 Å². The molecular weight excluding hydrogens is 242 g/mol. The number of nitrogen functional groups attached to an aromatic ring is 1. The van der Waals surface area contributed by atoms with Gasteiger partial charge in [-0.3, -0.25) is 4.79 Å². The fourth-order valence-electron chi connectivity index (χ4n) is 1.51. The van der Waals surface area contributed by atoms with E-state index in [2.05, 4.69) is 10.3 Å². The van der Waals surface area contributed by atoms with E-state index in [0.29, 0.717) is 17.3 Å². The first-order valence-corrected chi connectivity index (χ1v) is 5.94. The van der Waals surface area contributed by atoms with Gasteiger partial charge in [-0.2, -0.15) is 0 Å². The van der Waals surface area contributed by atoms with Crippen molar-refractivity contribution in [3.05, 3.63) is 48.7 Å². The lowest BCUT2D eigenvalue weighted by atomic mass is 10.3. The van der Waals surface area contributed by atoms with Crippen molar-refractivity contribution in [2.75, 3.05) is 17.7 Å². The van der Waals surface area contributed by atoms with Gasteiger partial charge in [-0.25, -0.2) is 4.98 Å². The smallest absolute Gasteiger partial charge is 0.228 e. The predicted molar refractivity (Wildman–Crippen MR) is 73.8 cm³/mol. The maximum absolute atomic E-state index is 11.6. The first-order valence-electron chi connectivity index (χ1n) is 5.94. The molecule has 0 saturated heterocycles. The number of nitrogens with zero attached hydrogens (tertiary/aromatic N) is 1. The van der Waals surface area contributed by atoms with Crippen LogP contribution in [0.3, 0.4) is 0 Å². The first-order chi connectivity index (χ1) is 9.25. The number of pyridine rings is 1. The summed E-state index contributed by atoms with van der Waals surface area (Å²) < 4.78 is 5.44. The number of amides is 1. The van der Waals surface area contributed by atoms with E-state index in [4.69, 9.17) is 10.5 Å². The molecule has 1 heterocycles. The third kappa shape index (κ3) is 3.99. The van der Waals surface area contributed by atoms with Crippen LogP contribution in [0.5, 0.6) is 5.75 Å². The van der Waals surface area contributed by atoms with Crippen molar-refractivity contribution in [2.24, 2.45) is 0 Å². The average Bonchev–Trinajstić information content (AvgIpc) is 2.42. The molecule has 98 valence electrons. The number of ether oxygens (including phenoxy) is 1. The van der Waals surface area contributed by atoms with Crippen molar-refractivity contribution in [1.29, 1.82) is 0 Å². The summed E-state index contributed by atoms with van der Waals surface area (Å²) in [4.78, 5) is 15.6. The van der Waals surface area contributed by atoms with Crippen molar-refractivity contribution in [2.45, 2.75) is 6.42 Å². The van der Waals surface area contributed by atoms with E-state index in [1.165, 1.54) is 0 Å². The molecule has 0 aliphatic rings. The standard InChI is InChI=1S/C14H15N3O2/c15-11-5-1-2-6-12(11)19-10-8-14(18)17-13-7-3-4-9-16-13/h1-7,9H,8,10,15H2,(H,16,17,18). The highest BCUT2D eigenvalue weighted by atomic mass is 16.5. The molecule has 1 aromatic heterocycles. The number of carbonyl (C=O) groups is 1. The number of nitrogens with one attached hydrogen (secondary N) is 1. The van der Waals surface area contributed by atoms with E-state index in [-0.39, 0.29) is 18.9 Å². The zero-order chi connectivity index (χ0) is 13.5.